The van der Waals surface area contributed by atoms with Crippen LogP contribution in [0.1, 0.15) is 22.8 Å². The Morgan fingerprint density at radius 2 is 2.12 bits per heavy atom. The van der Waals surface area contributed by atoms with Crippen LogP contribution in [0.15, 0.2) is 45.9 Å². The molecule has 0 unspecified atom stereocenters. The first-order valence-corrected chi connectivity index (χ1v) is 9.04. The van der Waals surface area contributed by atoms with Gasteiger partial charge in [-0.3, -0.25) is 4.79 Å². The maximum Gasteiger partial charge on any atom is 0.200 e. The van der Waals surface area contributed by atoms with E-state index in [4.69, 9.17) is 16.3 Å². The molecule has 6 heteroatoms. The number of hydrogen-bond donors (Lipinski definition) is 0. The van der Waals surface area contributed by atoms with E-state index in [0.717, 1.165) is 16.6 Å². The Hall–Kier alpha value is -1.85. The van der Waals surface area contributed by atoms with Crippen molar-refractivity contribution in [2.75, 3.05) is 20.2 Å². The molecule has 0 radical (unpaired) electrons. The number of Topliss-reactive ketones (excluding diaryl/α,β-unsaturated/α-hetero) is 1. The van der Waals surface area contributed by atoms with Gasteiger partial charge in [0.05, 0.1) is 17.0 Å². The molecular formula is C19H20BrClN2O2. The molecule has 0 aliphatic rings. The Morgan fingerprint density at radius 3 is 2.80 bits per heavy atom. The van der Waals surface area contributed by atoms with Crippen LogP contribution in [0, 0.1) is 6.92 Å². The van der Waals surface area contributed by atoms with E-state index in [1.807, 2.05) is 50.1 Å². The minimum Gasteiger partial charge on any atom is -0.485 e. The summed E-state index contributed by atoms with van der Waals surface area (Å²) in [6.45, 7) is 4.70. The lowest BCUT2D eigenvalue weighted by Crippen LogP contribution is -2.14. The minimum absolute atomic E-state index is 0.0468. The van der Waals surface area contributed by atoms with Gasteiger partial charge in [-0.2, -0.15) is 0 Å². The predicted molar refractivity (Wildman–Crippen MR) is 107 cm³/mol. The first-order valence-electron chi connectivity index (χ1n) is 7.87. The predicted octanol–water partition coefficient (Wildman–Crippen LogP) is 5.28. The third kappa shape index (κ3) is 5.58. The molecule has 0 fully saturated rings. The highest BCUT2D eigenvalue weighted by atomic mass is 79.9. The molecule has 0 aliphatic carbocycles. The molecule has 0 aromatic heterocycles. The van der Waals surface area contributed by atoms with Gasteiger partial charge in [0.1, 0.15) is 5.75 Å². The van der Waals surface area contributed by atoms with Crippen LogP contribution in [0.25, 0.3) is 0 Å². The van der Waals surface area contributed by atoms with Gasteiger partial charge in [-0.25, -0.2) is 4.99 Å². The van der Waals surface area contributed by atoms with Crippen LogP contribution in [0.3, 0.4) is 0 Å². The van der Waals surface area contributed by atoms with Gasteiger partial charge in [0.25, 0.3) is 0 Å². The van der Waals surface area contributed by atoms with Crippen molar-refractivity contribution in [1.82, 2.24) is 4.90 Å². The van der Waals surface area contributed by atoms with Crippen LogP contribution < -0.4 is 4.74 Å². The van der Waals surface area contributed by atoms with E-state index in [1.165, 1.54) is 0 Å². The van der Waals surface area contributed by atoms with E-state index >= 15 is 0 Å². The fraction of sp³-hybridized carbons (Fsp3) is 0.263. The van der Waals surface area contributed by atoms with Crippen molar-refractivity contribution in [3.8, 4) is 5.75 Å². The lowest BCUT2D eigenvalue weighted by molar-refractivity contribution is 0.0921. The van der Waals surface area contributed by atoms with E-state index in [2.05, 4.69) is 20.9 Å². The first kappa shape index (κ1) is 19.5. The van der Waals surface area contributed by atoms with Crippen molar-refractivity contribution in [3.63, 3.8) is 0 Å². The second kappa shape index (κ2) is 9.02. The summed E-state index contributed by atoms with van der Waals surface area (Å²) in [5.74, 6) is 0.510. The fourth-order valence-corrected chi connectivity index (χ4v) is 2.68. The summed E-state index contributed by atoms with van der Waals surface area (Å²) in [4.78, 5) is 18.8. The largest absolute Gasteiger partial charge is 0.485 e. The summed E-state index contributed by atoms with van der Waals surface area (Å²) in [5, 5.41) is 0.442. The molecule has 0 saturated carbocycles. The van der Waals surface area contributed by atoms with Crippen molar-refractivity contribution >= 4 is 45.3 Å². The molecular weight excluding hydrogens is 404 g/mol. The van der Waals surface area contributed by atoms with Gasteiger partial charge in [-0.1, -0.05) is 33.6 Å². The zero-order valence-corrected chi connectivity index (χ0v) is 16.8. The number of rotatable bonds is 7. The van der Waals surface area contributed by atoms with Crippen molar-refractivity contribution in [2.24, 2.45) is 4.99 Å². The van der Waals surface area contributed by atoms with Crippen molar-refractivity contribution in [3.05, 3.63) is 57.0 Å². The Balaban J connectivity index is 2.12. The standard InChI is InChI=1S/C19H20BrClN2O2/c1-4-23(3)12-22-18-8-13(2)16(10-17(18)21)19(24)11-25-15-7-5-6-14(20)9-15/h5-10,12H,4,11H2,1-3H3. The molecule has 0 saturated heterocycles. The quantitative estimate of drug-likeness (QED) is 0.345. The van der Waals surface area contributed by atoms with Gasteiger partial charge in [0, 0.05) is 23.6 Å². The Labute approximate surface area is 161 Å². The summed E-state index contributed by atoms with van der Waals surface area (Å²) in [7, 11) is 1.93. The summed E-state index contributed by atoms with van der Waals surface area (Å²) in [5.41, 5.74) is 2.00. The highest BCUT2D eigenvalue weighted by molar-refractivity contribution is 9.10. The van der Waals surface area contributed by atoms with Crippen LogP contribution >= 0.6 is 27.5 Å². The maximum atomic E-state index is 12.5. The Kier molecular flexibility index (Phi) is 7.02. The fourth-order valence-electron chi connectivity index (χ4n) is 2.09. The van der Waals surface area contributed by atoms with E-state index in [1.54, 1.807) is 18.5 Å². The molecule has 0 atom stereocenters. The summed E-state index contributed by atoms with van der Waals surface area (Å²) >= 11 is 9.65. The number of nitrogens with zero attached hydrogens (tertiary/aromatic N) is 2. The maximum absolute atomic E-state index is 12.5. The number of halogens is 2. The third-order valence-electron chi connectivity index (χ3n) is 3.65. The van der Waals surface area contributed by atoms with Crippen LogP contribution in [-0.4, -0.2) is 37.2 Å². The zero-order valence-electron chi connectivity index (χ0n) is 14.4. The number of benzene rings is 2. The van der Waals surface area contributed by atoms with Crippen LogP contribution in [0.2, 0.25) is 5.02 Å². The normalized spacial score (nSPS) is 10.9. The van der Waals surface area contributed by atoms with Crippen molar-refractivity contribution in [1.29, 1.82) is 0 Å². The average Bonchev–Trinajstić information content (AvgIpc) is 2.59. The monoisotopic (exact) mass is 422 g/mol. The number of aryl methyl sites for hydroxylation is 1. The third-order valence-corrected chi connectivity index (χ3v) is 4.45. The molecule has 25 heavy (non-hydrogen) atoms. The van der Waals surface area contributed by atoms with Crippen LogP contribution in [-0.2, 0) is 0 Å². The van der Waals surface area contributed by atoms with Gasteiger partial charge < -0.3 is 9.64 Å². The molecule has 2 rings (SSSR count). The number of ketones is 1. The molecule has 2 aromatic carbocycles. The first-order chi connectivity index (χ1) is 11.9. The number of ether oxygens (including phenoxy) is 1. The van der Waals surface area contributed by atoms with Gasteiger partial charge in [0.2, 0.25) is 5.78 Å². The van der Waals surface area contributed by atoms with Gasteiger partial charge in [0.15, 0.2) is 6.61 Å². The van der Waals surface area contributed by atoms with Crippen LogP contribution in [0.4, 0.5) is 5.69 Å². The molecule has 0 amide bonds. The minimum atomic E-state index is -0.124. The Morgan fingerprint density at radius 1 is 1.36 bits per heavy atom. The molecule has 2 aromatic rings. The van der Waals surface area contributed by atoms with Crippen molar-refractivity contribution in [2.45, 2.75) is 13.8 Å². The van der Waals surface area contributed by atoms with E-state index in [9.17, 15) is 4.79 Å². The summed E-state index contributed by atoms with van der Waals surface area (Å²) in [6, 6.07) is 10.8. The molecule has 0 N–H and O–H groups in total. The van der Waals surface area contributed by atoms with Crippen LogP contribution in [0.5, 0.6) is 5.75 Å². The molecule has 0 spiro atoms. The molecule has 4 nitrogen and oxygen atoms in total. The molecule has 132 valence electrons. The Bertz CT molecular complexity index is 793. The number of aliphatic imine (C=N–C) groups is 1. The number of carbonyl (C=O) groups excluding carboxylic acids is 1. The van der Waals surface area contributed by atoms with Gasteiger partial charge in [-0.15, -0.1) is 0 Å². The molecule has 0 bridgehead atoms. The average molecular weight is 424 g/mol. The number of hydrogen-bond acceptors (Lipinski definition) is 3. The second-order valence-corrected chi connectivity index (χ2v) is 6.93. The highest BCUT2D eigenvalue weighted by Crippen LogP contribution is 2.29. The molecule has 0 aliphatic heterocycles. The van der Waals surface area contributed by atoms with Gasteiger partial charge >= 0.3 is 0 Å². The van der Waals surface area contributed by atoms with Gasteiger partial charge in [-0.05, 0) is 49.7 Å². The highest BCUT2D eigenvalue weighted by Gasteiger charge is 2.13. The van der Waals surface area contributed by atoms with E-state index < -0.39 is 0 Å². The SMILES string of the molecule is CCN(C)C=Nc1cc(C)c(C(=O)COc2cccc(Br)c2)cc1Cl. The lowest BCUT2D eigenvalue weighted by atomic mass is 10.0. The lowest BCUT2D eigenvalue weighted by Gasteiger charge is -2.11. The zero-order chi connectivity index (χ0) is 18.4. The second-order valence-electron chi connectivity index (χ2n) is 5.61. The van der Waals surface area contributed by atoms with Crippen molar-refractivity contribution < 1.29 is 9.53 Å². The van der Waals surface area contributed by atoms with E-state index in [0.29, 0.717) is 22.0 Å². The van der Waals surface area contributed by atoms with E-state index in [-0.39, 0.29) is 12.4 Å². The summed E-state index contributed by atoms with van der Waals surface area (Å²) in [6.07, 6.45) is 1.72. The smallest absolute Gasteiger partial charge is 0.200 e. The number of carbonyl (C=O) groups is 1. The summed E-state index contributed by atoms with van der Waals surface area (Å²) < 4.78 is 6.46. The topological polar surface area (TPSA) is 41.9 Å². The molecule has 0 heterocycles.